The van der Waals surface area contributed by atoms with Crippen LogP contribution < -0.4 is 9.64 Å². The summed E-state index contributed by atoms with van der Waals surface area (Å²) >= 11 is 1.24. The molecule has 6 nitrogen and oxygen atoms in total. The predicted molar refractivity (Wildman–Crippen MR) is 87.9 cm³/mol. The minimum Gasteiger partial charge on any atom is -0.496 e. The lowest BCUT2D eigenvalue weighted by molar-refractivity contribution is -0.117. The highest BCUT2D eigenvalue weighted by Crippen LogP contribution is 2.31. The van der Waals surface area contributed by atoms with Crippen molar-refractivity contribution in [1.82, 2.24) is 0 Å². The molecule has 1 unspecified atom stereocenters. The highest BCUT2D eigenvalue weighted by atomic mass is 32.2. The Labute approximate surface area is 139 Å². The highest BCUT2D eigenvalue weighted by Gasteiger charge is 2.31. The van der Waals surface area contributed by atoms with Gasteiger partial charge in [-0.15, -0.1) is 0 Å². The molecule has 0 bridgehead atoms. The first-order valence-corrected chi connectivity index (χ1v) is 8.15. The Bertz CT molecular complexity index is 631. The second-order valence-corrected chi connectivity index (χ2v) is 6.45. The van der Waals surface area contributed by atoms with Gasteiger partial charge in [0.2, 0.25) is 5.91 Å². The van der Waals surface area contributed by atoms with Gasteiger partial charge in [-0.05, 0) is 18.1 Å². The number of rotatable bonds is 5. The lowest BCUT2D eigenvalue weighted by atomic mass is 10.1. The minimum atomic E-state index is -0.489. The summed E-state index contributed by atoms with van der Waals surface area (Å²) in [5.74, 6) is 0.657. The number of benzene rings is 1. The molecule has 1 amide bonds. The topological polar surface area (TPSA) is 72.9 Å². The summed E-state index contributed by atoms with van der Waals surface area (Å²) in [6, 6.07) is 4.95. The van der Waals surface area contributed by atoms with E-state index in [4.69, 9.17) is 9.47 Å². The molecular weight excluding hydrogens is 318 g/mol. The maximum absolute atomic E-state index is 12.2. The summed E-state index contributed by atoms with van der Waals surface area (Å²) in [6.07, 6.45) is 0.418. The van der Waals surface area contributed by atoms with E-state index >= 15 is 0 Å². The van der Waals surface area contributed by atoms with Crippen LogP contribution >= 0.6 is 11.8 Å². The van der Waals surface area contributed by atoms with E-state index in [1.54, 1.807) is 23.1 Å². The van der Waals surface area contributed by atoms with E-state index in [0.29, 0.717) is 35.7 Å². The van der Waals surface area contributed by atoms with Gasteiger partial charge in [0.25, 0.3) is 0 Å². The standard InChI is InChI=1S/C16H19NO5S/c1-10(18)23-9-11-6-15(19)17(8-11)12-4-5-13(16(20)22-3)14(7-12)21-2/h4-5,7,11H,6,8-9H2,1-3H3. The molecule has 1 saturated heterocycles. The van der Waals surface area contributed by atoms with Gasteiger partial charge >= 0.3 is 5.97 Å². The highest BCUT2D eigenvalue weighted by molar-refractivity contribution is 8.13. The monoisotopic (exact) mass is 337 g/mol. The molecule has 23 heavy (non-hydrogen) atoms. The van der Waals surface area contributed by atoms with Gasteiger partial charge in [-0.3, -0.25) is 9.59 Å². The van der Waals surface area contributed by atoms with Crippen LogP contribution in [0.1, 0.15) is 23.7 Å². The largest absolute Gasteiger partial charge is 0.496 e. The van der Waals surface area contributed by atoms with Crippen LogP contribution in [0.25, 0.3) is 0 Å². The first-order chi connectivity index (χ1) is 11.0. The van der Waals surface area contributed by atoms with Crippen LogP contribution in [0.5, 0.6) is 5.75 Å². The number of nitrogens with zero attached hydrogens (tertiary/aromatic N) is 1. The average Bonchev–Trinajstić information content (AvgIpc) is 2.92. The van der Waals surface area contributed by atoms with Crippen molar-refractivity contribution in [2.75, 3.05) is 31.4 Å². The SMILES string of the molecule is COC(=O)c1ccc(N2CC(CSC(C)=O)CC2=O)cc1OC. The number of ether oxygens (including phenoxy) is 2. The molecule has 124 valence electrons. The lowest BCUT2D eigenvalue weighted by Crippen LogP contribution is -2.25. The van der Waals surface area contributed by atoms with Crippen molar-refractivity contribution < 1.29 is 23.9 Å². The Morgan fingerprint density at radius 2 is 2.09 bits per heavy atom. The smallest absolute Gasteiger partial charge is 0.341 e. The molecule has 1 aromatic carbocycles. The zero-order valence-electron chi connectivity index (χ0n) is 13.3. The summed E-state index contributed by atoms with van der Waals surface area (Å²) in [6.45, 7) is 2.08. The third kappa shape index (κ3) is 4.04. The molecule has 1 fully saturated rings. The zero-order chi connectivity index (χ0) is 17.0. The minimum absolute atomic E-state index is 0.00650. The van der Waals surface area contributed by atoms with E-state index < -0.39 is 5.97 Å². The third-order valence-corrected chi connectivity index (χ3v) is 4.67. The van der Waals surface area contributed by atoms with Crippen molar-refractivity contribution in [1.29, 1.82) is 0 Å². The molecule has 0 radical (unpaired) electrons. The molecule has 1 aliphatic rings. The molecule has 0 N–H and O–H groups in total. The van der Waals surface area contributed by atoms with Crippen molar-refractivity contribution in [2.45, 2.75) is 13.3 Å². The molecule has 1 aromatic rings. The number of carbonyl (C=O) groups is 3. The Morgan fingerprint density at radius 1 is 1.35 bits per heavy atom. The zero-order valence-corrected chi connectivity index (χ0v) is 14.1. The second-order valence-electron chi connectivity index (χ2n) is 5.25. The van der Waals surface area contributed by atoms with Gasteiger partial charge in [-0.2, -0.15) is 0 Å². The van der Waals surface area contributed by atoms with Crippen LogP contribution in [0.15, 0.2) is 18.2 Å². The van der Waals surface area contributed by atoms with Crippen molar-refractivity contribution in [2.24, 2.45) is 5.92 Å². The molecule has 1 aliphatic heterocycles. The first-order valence-electron chi connectivity index (χ1n) is 7.16. The average molecular weight is 337 g/mol. The van der Waals surface area contributed by atoms with Crippen LogP contribution in [0, 0.1) is 5.92 Å². The van der Waals surface area contributed by atoms with Crippen molar-refractivity contribution >= 4 is 34.4 Å². The van der Waals surface area contributed by atoms with Crippen LogP contribution in [-0.4, -0.2) is 43.5 Å². The number of amides is 1. The fourth-order valence-corrected chi connectivity index (χ4v) is 3.20. The predicted octanol–water partition coefficient (Wildman–Crippen LogP) is 2.11. The van der Waals surface area contributed by atoms with Gasteiger partial charge in [-0.25, -0.2) is 4.79 Å². The molecule has 0 aliphatic carbocycles. The molecule has 7 heteroatoms. The van der Waals surface area contributed by atoms with Crippen LogP contribution in [0.2, 0.25) is 0 Å². The number of hydrogen-bond donors (Lipinski definition) is 0. The number of carbonyl (C=O) groups excluding carboxylic acids is 3. The van der Waals surface area contributed by atoms with Gasteiger partial charge in [0.05, 0.1) is 14.2 Å². The van der Waals surface area contributed by atoms with Crippen LogP contribution in [0.4, 0.5) is 5.69 Å². The quantitative estimate of drug-likeness (QED) is 0.766. The Morgan fingerprint density at radius 3 is 2.70 bits per heavy atom. The van der Waals surface area contributed by atoms with Crippen LogP contribution in [0.3, 0.4) is 0 Å². The van der Waals surface area contributed by atoms with Gasteiger partial charge in [-0.1, -0.05) is 11.8 Å². The van der Waals surface area contributed by atoms with Gasteiger partial charge in [0.1, 0.15) is 11.3 Å². The fourth-order valence-electron chi connectivity index (χ4n) is 2.50. The molecule has 1 atom stereocenters. The van der Waals surface area contributed by atoms with E-state index in [9.17, 15) is 14.4 Å². The second kappa shape index (κ2) is 7.50. The number of anilines is 1. The molecule has 0 spiro atoms. The van der Waals surface area contributed by atoms with Crippen molar-refractivity contribution in [3.05, 3.63) is 23.8 Å². The summed E-state index contributed by atoms with van der Waals surface area (Å²) in [5.41, 5.74) is 0.990. The third-order valence-electron chi connectivity index (χ3n) is 3.63. The number of esters is 1. The normalized spacial score (nSPS) is 17.3. The summed E-state index contributed by atoms with van der Waals surface area (Å²) in [7, 11) is 2.76. The van der Waals surface area contributed by atoms with Gasteiger partial charge < -0.3 is 14.4 Å². The maximum atomic E-state index is 12.2. The van der Waals surface area contributed by atoms with E-state index in [0.717, 1.165) is 0 Å². The van der Waals surface area contributed by atoms with E-state index in [1.165, 1.54) is 32.9 Å². The maximum Gasteiger partial charge on any atom is 0.341 e. The summed E-state index contributed by atoms with van der Waals surface area (Å²) < 4.78 is 9.92. The number of methoxy groups -OCH3 is 2. The fraction of sp³-hybridized carbons (Fsp3) is 0.438. The Balaban J connectivity index is 2.17. The molecule has 2 rings (SSSR count). The molecule has 1 heterocycles. The van der Waals surface area contributed by atoms with E-state index in [-0.39, 0.29) is 16.9 Å². The van der Waals surface area contributed by atoms with Gasteiger partial charge in [0, 0.05) is 37.4 Å². The number of thioether (sulfide) groups is 1. The van der Waals surface area contributed by atoms with Crippen LogP contribution in [-0.2, 0) is 14.3 Å². The van der Waals surface area contributed by atoms with Gasteiger partial charge in [0.15, 0.2) is 5.12 Å². The molecule has 0 aromatic heterocycles. The summed E-state index contributed by atoms with van der Waals surface area (Å²) in [5, 5.41) is 0.0556. The Hall–Kier alpha value is -2.02. The summed E-state index contributed by atoms with van der Waals surface area (Å²) in [4.78, 5) is 36.6. The van der Waals surface area contributed by atoms with E-state index in [2.05, 4.69) is 0 Å². The molecular formula is C16H19NO5S. The first kappa shape index (κ1) is 17.3. The number of hydrogen-bond acceptors (Lipinski definition) is 6. The Kier molecular flexibility index (Phi) is 5.65. The molecule has 0 saturated carbocycles. The van der Waals surface area contributed by atoms with E-state index in [1.807, 2.05) is 0 Å². The van der Waals surface area contributed by atoms with Crippen molar-refractivity contribution in [3.63, 3.8) is 0 Å². The van der Waals surface area contributed by atoms with Crippen molar-refractivity contribution in [3.8, 4) is 5.75 Å². The lowest BCUT2D eigenvalue weighted by Gasteiger charge is -2.18.